The summed E-state index contributed by atoms with van der Waals surface area (Å²) < 4.78 is 38.6. The standard InChI is InChI=1S/C21H40O7S/c1-2-3-4-5-6-7-8-9-10-11-12-13-14-15-16-17-21(23)27-19-20(18-22)28-29(24,25)26/h9-10,20,22H,2-8,11-19H2,1H3,(H,24,25,26). The molecule has 0 rings (SSSR count). The molecule has 0 fully saturated rings. The molecule has 8 heteroatoms. The third-order valence-corrected chi connectivity index (χ3v) is 5.05. The fraction of sp³-hybridized carbons (Fsp3) is 0.857. The Balaban J connectivity index is 3.47. The molecular formula is C21H40O7S. The number of carbonyl (C=O) groups excluding carboxylic acids is 1. The molecule has 1 unspecified atom stereocenters. The van der Waals surface area contributed by atoms with E-state index < -0.39 is 35.7 Å². The van der Waals surface area contributed by atoms with E-state index in [4.69, 9.17) is 14.4 Å². The van der Waals surface area contributed by atoms with Crippen molar-refractivity contribution in [3.05, 3.63) is 12.2 Å². The van der Waals surface area contributed by atoms with Crippen LogP contribution in [0.15, 0.2) is 12.2 Å². The van der Waals surface area contributed by atoms with Gasteiger partial charge in [-0.3, -0.25) is 9.35 Å². The quantitative estimate of drug-likeness (QED) is 0.123. The zero-order valence-electron chi connectivity index (χ0n) is 17.9. The van der Waals surface area contributed by atoms with Gasteiger partial charge in [-0.25, -0.2) is 4.18 Å². The Morgan fingerprint density at radius 2 is 1.41 bits per heavy atom. The van der Waals surface area contributed by atoms with E-state index in [1.165, 1.54) is 44.9 Å². The molecular weight excluding hydrogens is 396 g/mol. The summed E-state index contributed by atoms with van der Waals surface area (Å²) in [5, 5.41) is 8.92. The van der Waals surface area contributed by atoms with E-state index in [2.05, 4.69) is 23.3 Å². The van der Waals surface area contributed by atoms with E-state index in [9.17, 15) is 13.2 Å². The Bertz CT molecular complexity index is 517. The largest absolute Gasteiger partial charge is 0.463 e. The van der Waals surface area contributed by atoms with Crippen molar-refractivity contribution in [2.75, 3.05) is 13.2 Å². The molecule has 0 spiro atoms. The molecule has 0 aromatic rings. The number of aliphatic hydroxyl groups is 1. The molecule has 0 radical (unpaired) electrons. The van der Waals surface area contributed by atoms with Crippen molar-refractivity contribution in [2.24, 2.45) is 0 Å². The molecule has 0 aliphatic heterocycles. The lowest BCUT2D eigenvalue weighted by atomic mass is 10.1. The van der Waals surface area contributed by atoms with Crippen LogP contribution >= 0.6 is 0 Å². The van der Waals surface area contributed by atoms with Gasteiger partial charge in [-0.1, -0.05) is 70.4 Å². The van der Waals surface area contributed by atoms with Crippen molar-refractivity contribution in [3.8, 4) is 0 Å². The summed E-state index contributed by atoms with van der Waals surface area (Å²) in [6, 6.07) is 0. The average molecular weight is 437 g/mol. The van der Waals surface area contributed by atoms with E-state index in [1.807, 2.05) is 0 Å². The lowest BCUT2D eigenvalue weighted by molar-refractivity contribution is -0.146. The summed E-state index contributed by atoms with van der Waals surface area (Å²) in [5.74, 6) is -0.472. The normalized spacial score (nSPS) is 13.1. The van der Waals surface area contributed by atoms with Gasteiger partial charge >= 0.3 is 16.4 Å². The maximum absolute atomic E-state index is 11.6. The van der Waals surface area contributed by atoms with Crippen LogP contribution in [-0.4, -0.2) is 43.4 Å². The van der Waals surface area contributed by atoms with E-state index in [-0.39, 0.29) is 6.42 Å². The van der Waals surface area contributed by atoms with Gasteiger partial charge in [0.1, 0.15) is 12.7 Å². The van der Waals surface area contributed by atoms with Gasteiger partial charge in [0.05, 0.1) is 6.61 Å². The third-order valence-electron chi connectivity index (χ3n) is 4.53. The molecule has 172 valence electrons. The maximum Gasteiger partial charge on any atom is 0.397 e. The average Bonchev–Trinajstić information content (AvgIpc) is 2.67. The number of ether oxygens (including phenoxy) is 1. The molecule has 0 saturated heterocycles. The Kier molecular flexibility index (Phi) is 18.4. The third kappa shape index (κ3) is 21.6. The number of aliphatic hydroxyl groups excluding tert-OH is 1. The molecule has 7 nitrogen and oxygen atoms in total. The number of unbranched alkanes of at least 4 members (excludes halogenated alkanes) is 11. The predicted octanol–water partition coefficient (Wildman–Crippen LogP) is 4.75. The first-order valence-electron chi connectivity index (χ1n) is 11.0. The zero-order chi connectivity index (χ0) is 21.8. The number of esters is 1. The summed E-state index contributed by atoms with van der Waals surface area (Å²) in [7, 11) is -4.68. The Morgan fingerprint density at radius 1 is 0.897 bits per heavy atom. The van der Waals surface area contributed by atoms with Gasteiger partial charge < -0.3 is 9.84 Å². The van der Waals surface area contributed by atoms with Crippen LogP contribution in [-0.2, 0) is 24.1 Å². The van der Waals surface area contributed by atoms with Crippen molar-refractivity contribution < 1.29 is 31.8 Å². The minimum Gasteiger partial charge on any atom is -0.463 e. The van der Waals surface area contributed by atoms with E-state index >= 15 is 0 Å². The van der Waals surface area contributed by atoms with Crippen molar-refractivity contribution >= 4 is 16.4 Å². The summed E-state index contributed by atoms with van der Waals surface area (Å²) in [6.45, 7) is 1.14. The number of rotatable bonds is 20. The minimum absolute atomic E-state index is 0.238. The highest BCUT2D eigenvalue weighted by Gasteiger charge is 2.18. The summed E-state index contributed by atoms with van der Waals surface area (Å²) in [6.07, 6.45) is 18.8. The molecule has 29 heavy (non-hydrogen) atoms. The first-order chi connectivity index (χ1) is 13.9. The molecule has 1 atom stereocenters. The van der Waals surface area contributed by atoms with Crippen LogP contribution in [0.25, 0.3) is 0 Å². The fourth-order valence-corrected chi connectivity index (χ4v) is 3.34. The SMILES string of the molecule is CCCCCCCCC=CCCCCCCCC(=O)OCC(CO)OS(=O)(=O)O. The molecule has 2 N–H and O–H groups in total. The van der Waals surface area contributed by atoms with Gasteiger partial charge in [-0.05, 0) is 32.1 Å². The molecule has 0 saturated carbocycles. The second kappa shape index (κ2) is 19.0. The van der Waals surface area contributed by atoms with Crippen LogP contribution in [0.3, 0.4) is 0 Å². The highest BCUT2D eigenvalue weighted by atomic mass is 32.3. The number of carbonyl (C=O) groups is 1. The van der Waals surface area contributed by atoms with Crippen molar-refractivity contribution in [1.29, 1.82) is 0 Å². The topological polar surface area (TPSA) is 110 Å². The van der Waals surface area contributed by atoms with Gasteiger partial charge in [-0.15, -0.1) is 0 Å². The molecule has 0 aromatic heterocycles. The van der Waals surface area contributed by atoms with Gasteiger partial charge in [0.25, 0.3) is 0 Å². The second-order valence-electron chi connectivity index (χ2n) is 7.35. The molecule has 0 aliphatic carbocycles. The highest BCUT2D eigenvalue weighted by molar-refractivity contribution is 7.80. The van der Waals surface area contributed by atoms with Crippen LogP contribution in [0.4, 0.5) is 0 Å². The van der Waals surface area contributed by atoms with Crippen LogP contribution in [0, 0.1) is 0 Å². The van der Waals surface area contributed by atoms with E-state index in [1.54, 1.807) is 0 Å². The summed E-state index contributed by atoms with van der Waals surface area (Å²) in [4.78, 5) is 11.6. The van der Waals surface area contributed by atoms with Crippen LogP contribution in [0.2, 0.25) is 0 Å². The van der Waals surface area contributed by atoms with Gasteiger partial charge in [0, 0.05) is 6.42 Å². The maximum atomic E-state index is 11.6. The van der Waals surface area contributed by atoms with Crippen molar-refractivity contribution in [3.63, 3.8) is 0 Å². The second-order valence-corrected chi connectivity index (χ2v) is 8.39. The van der Waals surface area contributed by atoms with Gasteiger partial charge in [0.2, 0.25) is 0 Å². The van der Waals surface area contributed by atoms with E-state index in [0.717, 1.165) is 32.1 Å². The molecule has 0 heterocycles. The molecule has 0 aromatic carbocycles. The van der Waals surface area contributed by atoms with Crippen molar-refractivity contribution in [1.82, 2.24) is 0 Å². The lowest BCUT2D eigenvalue weighted by Gasteiger charge is -2.12. The smallest absolute Gasteiger partial charge is 0.397 e. The number of hydrogen-bond donors (Lipinski definition) is 2. The molecule has 0 aliphatic rings. The van der Waals surface area contributed by atoms with Crippen LogP contribution in [0.5, 0.6) is 0 Å². The monoisotopic (exact) mass is 436 g/mol. The Morgan fingerprint density at radius 3 is 1.93 bits per heavy atom. The first-order valence-corrected chi connectivity index (χ1v) is 12.3. The Labute approximate surface area is 176 Å². The van der Waals surface area contributed by atoms with Gasteiger partial charge in [-0.2, -0.15) is 8.42 Å². The molecule has 0 bridgehead atoms. The van der Waals surface area contributed by atoms with Crippen LogP contribution in [0.1, 0.15) is 96.8 Å². The lowest BCUT2D eigenvalue weighted by Crippen LogP contribution is -2.28. The highest BCUT2D eigenvalue weighted by Crippen LogP contribution is 2.10. The predicted molar refractivity (Wildman–Crippen MR) is 114 cm³/mol. The summed E-state index contributed by atoms with van der Waals surface area (Å²) >= 11 is 0. The minimum atomic E-state index is -4.68. The number of hydrogen-bond acceptors (Lipinski definition) is 6. The van der Waals surface area contributed by atoms with Crippen LogP contribution < -0.4 is 0 Å². The van der Waals surface area contributed by atoms with Gasteiger partial charge in [0.15, 0.2) is 0 Å². The fourth-order valence-electron chi connectivity index (χ4n) is 2.88. The summed E-state index contributed by atoms with van der Waals surface area (Å²) in [5.41, 5.74) is 0. The Hall–Kier alpha value is -0.960. The van der Waals surface area contributed by atoms with Crippen molar-refractivity contribution in [2.45, 2.75) is 103 Å². The first kappa shape index (κ1) is 28.0. The number of allylic oxidation sites excluding steroid dienone is 2. The molecule has 0 amide bonds. The zero-order valence-corrected chi connectivity index (χ0v) is 18.7. The van der Waals surface area contributed by atoms with E-state index in [0.29, 0.717) is 6.42 Å².